The van der Waals surface area contributed by atoms with E-state index in [0.29, 0.717) is 22.6 Å². The number of nitrogens with two attached hydrogens (primary N) is 1. The molecule has 0 aliphatic heterocycles. The molecule has 0 bridgehead atoms. The van der Waals surface area contributed by atoms with Crippen molar-refractivity contribution in [3.05, 3.63) is 53.6 Å². The van der Waals surface area contributed by atoms with Crippen LogP contribution in [0.4, 0.5) is 5.69 Å². The second kappa shape index (κ2) is 6.67. The summed E-state index contributed by atoms with van der Waals surface area (Å²) in [5, 5.41) is 9.96. The van der Waals surface area contributed by atoms with Gasteiger partial charge in [0.15, 0.2) is 17.3 Å². The summed E-state index contributed by atoms with van der Waals surface area (Å²) in [6, 6.07) is 12.0. The molecule has 3 N–H and O–H groups in total. The molecule has 0 spiro atoms. The van der Waals surface area contributed by atoms with Crippen LogP contribution in [0.5, 0.6) is 11.5 Å². The first kappa shape index (κ1) is 14.7. The number of methoxy groups -OCH3 is 1. The second-order valence-electron chi connectivity index (χ2n) is 4.33. The molecule has 0 heterocycles. The molecular weight excluding hydrogens is 268 g/mol. The molecule has 0 saturated heterocycles. The van der Waals surface area contributed by atoms with Crippen molar-refractivity contribution in [3.63, 3.8) is 0 Å². The maximum absolute atomic E-state index is 11.5. The maximum atomic E-state index is 11.5. The number of ether oxygens (including phenoxy) is 1. The molecule has 0 amide bonds. The molecule has 0 fully saturated rings. The highest BCUT2D eigenvalue weighted by Crippen LogP contribution is 2.28. The number of carbonyl (C=O) groups is 1. The molecule has 2 aromatic carbocycles. The first-order chi connectivity index (χ1) is 10.2. The molecular formula is C16H16N2O3. The Morgan fingerprint density at radius 3 is 2.81 bits per heavy atom. The molecule has 2 rings (SSSR count). The van der Waals surface area contributed by atoms with Gasteiger partial charge < -0.3 is 15.6 Å². The van der Waals surface area contributed by atoms with Crippen molar-refractivity contribution in [2.75, 3.05) is 13.7 Å². The Labute approximate surface area is 122 Å². The smallest absolute Gasteiger partial charge is 0.176 e. The number of nitrogens with zero attached hydrogens (tertiary/aromatic N) is 1. The van der Waals surface area contributed by atoms with Crippen LogP contribution in [-0.4, -0.2) is 30.8 Å². The number of benzene rings is 2. The molecule has 0 saturated carbocycles. The summed E-state index contributed by atoms with van der Waals surface area (Å²) in [6.07, 6.45) is 1.52. The van der Waals surface area contributed by atoms with Gasteiger partial charge in [0.2, 0.25) is 0 Å². The lowest BCUT2D eigenvalue weighted by atomic mass is 10.1. The lowest BCUT2D eigenvalue weighted by Crippen LogP contribution is -2.13. The Bertz CT molecular complexity index is 681. The molecule has 0 unspecified atom stereocenters. The average molecular weight is 284 g/mol. The monoisotopic (exact) mass is 284 g/mol. The number of aliphatic imine (C=N–C) groups is 1. The molecule has 0 aromatic heterocycles. The fraction of sp³-hybridized carbons (Fsp3) is 0.125. The van der Waals surface area contributed by atoms with Crippen molar-refractivity contribution >= 4 is 17.7 Å². The van der Waals surface area contributed by atoms with E-state index in [1.807, 2.05) is 0 Å². The lowest BCUT2D eigenvalue weighted by molar-refractivity contribution is 0.100. The van der Waals surface area contributed by atoms with Crippen molar-refractivity contribution in [3.8, 4) is 11.5 Å². The Hall–Kier alpha value is -2.66. The van der Waals surface area contributed by atoms with E-state index in [2.05, 4.69) is 4.99 Å². The molecule has 108 valence electrons. The summed E-state index contributed by atoms with van der Waals surface area (Å²) < 4.78 is 5.03. The van der Waals surface area contributed by atoms with Gasteiger partial charge in [-0.25, -0.2) is 0 Å². The van der Waals surface area contributed by atoms with Crippen molar-refractivity contribution in [1.82, 2.24) is 0 Å². The number of para-hydroxylation sites is 1. The number of phenolic OH excluding ortho intramolecular Hbond substituents is 1. The number of rotatable bonds is 5. The van der Waals surface area contributed by atoms with Crippen molar-refractivity contribution in [2.24, 2.45) is 10.7 Å². The van der Waals surface area contributed by atoms with E-state index in [0.717, 1.165) is 0 Å². The van der Waals surface area contributed by atoms with Crippen LogP contribution in [0, 0.1) is 0 Å². The van der Waals surface area contributed by atoms with Gasteiger partial charge in [0.05, 0.1) is 19.3 Å². The number of Topliss-reactive ketones (excluding diaryl/α,β-unsaturated/α-hetero) is 1. The molecule has 5 heteroatoms. The van der Waals surface area contributed by atoms with Gasteiger partial charge in [-0.05, 0) is 24.3 Å². The van der Waals surface area contributed by atoms with Crippen molar-refractivity contribution < 1.29 is 14.6 Å². The topological polar surface area (TPSA) is 84.9 Å². The SMILES string of the molecule is COc1cccc(C=Nc2cccc(C(=O)CN)c2)c1O. The summed E-state index contributed by atoms with van der Waals surface area (Å²) in [5.74, 6) is 0.264. The summed E-state index contributed by atoms with van der Waals surface area (Å²) in [6.45, 7) is -0.0379. The van der Waals surface area contributed by atoms with E-state index in [4.69, 9.17) is 10.5 Å². The quantitative estimate of drug-likeness (QED) is 0.651. The van der Waals surface area contributed by atoms with Gasteiger partial charge in [-0.1, -0.05) is 18.2 Å². The fourth-order valence-corrected chi connectivity index (χ4v) is 1.83. The van der Waals surface area contributed by atoms with Crippen LogP contribution in [0.15, 0.2) is 47.5 Å². The van der Waals surface area contributed by atoms with Crippen LogP contribution in [0.3, 0.4) is 0 Å². The zero-order valence-electron chi connectivity index (χ0n) is 11.6. The first-order valence-electron chi connectivity index (χ1n) is 6.39. The Morgan fingerprint density at radius 1 is 1.33 bits per heavy atom. The van der Waals surface area contributed by atoms with Gasteiger partial charge in [-0.2, -0.15) is 0 Å². The predicted molar refractivity (Wildman–Crippen MR) is 81.7 cm³/mol. The van der Waals surface area contributed by atoms with Crippen LogP contribution < -0.4 is 10.5 Å². The minimum absolute atomic E-state index is 0.0259. The summed E-state index contributed by atoms with van der Waals surface area (Å²) in [7, 11) is 1.48. The fourth-order valence-electron chi connectivity index (χ4n) is 1.83. The van der Waals surface area contributed by atoms with Gasteiger partial charge in [0, 0.05) is 17.3 Å². The van der Waals surface area contributed by atoms with Gasteiger partial charge >= 0.3 is 0 Å². The van der Waals surface area contributed by atoms with Gasteiger partial charge in [-0.3, -0.25) is 9.79 Å². The third kappa shape index (κ3) is 3.46. The number of ketones is 1. The number of hydrogen-bond acceptors (Lipinski definition) is 5. The molecule has 0 aliphatic carbocycles. The van der Waals surface area contributed by atoms with Crippen LogP contribution in [0.2, 0.25) is 0 Å². The third-order valence-corrected chi connectivity index (χ3v) is 2.96. The normalized spacial score (nSPS) is 10.8. The molecule has 2 aromatic rings. The number of carbonyl (C=O) groups excluding carboxylic acids is 1. The van der Waals surface area contributed by atoms with Crippen molar-refractivity contribution in [2.45, 2.75) is 0 Å². The predicted octanol–water partition coefficient (Wildman–Crippen LogP) is 2.29. The van der Waals surface area contributed by atoms with Gasteiger partial charge in [0.25, 0.3) is 0 Å². The minimum Gasteiger partial charge on any atom is -0.504 e. The highest BCUT2D eigenvalue weighted by atomic mass is 16.5. The van der Waals surface area contributed by atoms with Gasteiger partial charge in [-0.15, -0.1) is 0 Å². The Balaban J connectivity index is 2.28. The summed E-state index contributed by atoms with van der Waals surface area (Å²) in [4.78, 5) is 15.8. The zero-order chi connectivity index (χ0) is 15.2. The largest absolute Gasteiger partial charge is 0.504 e. The standard InChI is InChI=1S/C16H16N2O3/c1-21-15-7-3-5-12(16(15)20)10-18-13-6-2-4-11(8-13)14(19)9-17/h2-8,10,20H,9,17H2,1H3. The molecule has 0 radical (unpaired) electrons. The second-order valence-corrected chi connectivity index (χ2v) is 4.33. The minimum atomic E-state index is -0.142. The maximum Gasteiger partial charge on any atom is 0.176 e. The molecule has 0 aliphatic rings. The van der Waals surface area contributed by atoms with E-state index < -0.39 is 0 Å². The van der Waals surface area contributed by atoms with Crippen LogP contribution >= 0.6 is 0 Å². The van der Waals surface area contributed by atoms with E-state index in [1.54, 1.807) is 42.5 Å². The molecule has 21 heavy (non-hydrogen) atoms. The lowest BCUT2D eigenvalue weighted by Gasteiger charge is -2.05. The molecule has 0 atom stereocenters. The third-order valence-electron chi connectivity index (χ3n) is 2.96. The van der Waals surface area contributed by atoms with Crippen molar-refractivity contribution in [1.29, 1.82) is 0 Å². The highest BCUT2D eigenvalue weighted by Gasteiger charge is 2.06. The van der Waals surface area contributed by atoms with Crippen LogP contribution in [-0.2, 0) is 0 Å². The number of aromatic hydroxyl groups is 1. The number of hydrogen-bond donors (Lipinski definition) is 2. The number of phenols is 1. The Morgan fingerprint density at radius 2 is 2.10 bits per heavy atom. The van der Waals surface area contributed by atoms with E-state index in [9.17, 15) is 9.90 Å². The van der Waals surface area contributed by atoms with E-state index in [1.165, 1.54) is 13.3 Å². The van der Waals surface area contributed by atoms with Crippen LogP contribution in [0.25, 0.3) is 0 Å². The summed E-state index contributed by atoms with van der Waals surface area (Å²) >= 11 is 0. The van der Waals surface area contributed by atoms with E-state index in [-0.39, 0.29) is 18.1 Å². The Kier molecular flexibility index (Phi) is 4.68. The highest BCUT2D eigenvalue weighted by molar-refractivity contribution is 5.98. The molecule has 5 nitrogen and oxygen atoms in total. The van der Waals surface area contributed by atoms with Gasteiger partial charge in [0.1, 0.15) is 0 Å². The van der Waals surface area contributed by atoms with Crippen LogP contribution in [0.1, 0.15) is 15.9 Å². The average Bonchev–Trinajstić information content (AvgIpc) is 2.53. The summed E-state index contributed by atoms with van der Waals surface area (Å²) in [5.41, 5.74) is 6.99. The first-order valence-corrected chi connectivity index (χ1v) is 6.39. The van der Waals surface area contributed by atoms with E-state index >= 15 is 0 Å². The zero-order valence-corrected chi connectivity index (χ0v) is 11.6.